The van der Waals surface area contributed by atoms with Gasteiger partial charge in [0, 0.05) is 24.9 Å². The molecule has 0 aromatic rings. The van der Waals surface area contributed by atoms with E-state index in [0.29, 0.717) is 19.1 Å². The van der Waals surface area contributed by atoms with Gasteiger partial charge in [-0.15, -0.1) is 0 Å². The molecule has 0 saturated carbocycles. The lowest BCUT2D eigenvalue weighted by atomic mass is 10.2. The highest BCUT2D eigenvalue weighted by atomic mass is 32.2. The first-order valence-electron chi connectivity index (χ1n) is 7.40. The Labute approximate surface area is 126 Å². The second kappa shape index (κ2) is 9.60. The first-order valence-corrected chi connectivity index (χ1v) is 8.55. The maximum absolute atomic E-state index is 11.4. The summed E-state index contributed by atoms with van der Waals surface area (Å²) in [5, 5.41) is 0. The number of ether oxygens (including phenoxy) is 2. The number of carbonyl (C=O) groups excluding carboxylic acids is 1. The van der Waals surface area contributed by atoms with Gasteiger partial charge < -0.3 is 15.2 Å². The van der Waals surface area contributed by atoms with Crippen molar-refractivity contribution in [3.8, 4) is 0 Å². The highest BCUT2D eigenvalue weighted by molar-refractivity contribution is 7.99. The van der Waals surface area contributed by atoms with E-state index in [1.807, 2.05) is 0 Å². The van der Waals surface area contributed by atoms with E-state index in [1.54, 1.807) is 18.7 Å². The number of hydrogen-bond acceptors (Lipinski definition) is 6. The summed E-state index contributed by atoms with van der Waals surface area (Å²) < 4.78 is 10.7. The molecule has 5 nitrogen and oxygen atoms in total. The van der Waals surface area contributed by atoms with Gasteiger partial charge in [-0.25, -0.2) is 0 Å². The third-order valence-corrected chi connectivity index (χ3v) is 4.50. The molecule has 118 valence electrons. The van der Waals surface area contributed by atoms with Gasteiger partial charge in [0.2, 0.25) is 0 Å². The molecule has 0 spiro atoms. The van der Waals surface area contributed by atoms with E-state index >= 15 is 0 Å². The maximum atomic E-state index is 11.4. The minimum atomic E-state index is -0.498. The Hall–Kier alpha value is -0.300. The molecule has 1 heterocycles. The molecule has 1 aliphatic heterocycles. The molecule has 0 aromatic carbocycles. The number of carbonyl (C=O) groups is 1. The van der Waals surface area contributed by atoms with Gasteiger partial charge in [-0.2, -0.15) is 11.8 Å². The summed E-state index contributed by atoms with van der Waals surface area (Å²) in [4.78, 5) is 13.8. The summed E-state index contributed by atoms with van der Waals surface area (Å²) in [5.74, 6) is 1.52. The largest absolute Gasteiger partial charge is 0.465 e. The van der Waals surface area contributed by atoms with Crippen LogP contribution in [0.1, 0.15) is 27.2 Å². The van der Waals surface area contributed by atoms with Gasteiger partial charge in [-0.1, -0.05) is 0 Å². The fourth-order valence-electron chi connectivity index (χ4n) is 2.10. The van der Waals surface area contributed by atoms with E-state index in [4.69, 9.17) is 15.2 Å². The second-order valence-electron chi connectivity index (χ2n) is 5.30. The lowest BCUT2D eigenvalue weighted by Crippen LogP contribution is -2.46. The number of nitrogens with two attached hydrogens (primary N) is 1. The third kappa shape index (κ3) is 6.43. The summed E-state index contributed by atoms with van der Waals surface area (Å²) in [5.41, 5.74) is 5.76. The molecule has 0 bridgehead atoms. The van der Waals surface area contributed by atoms with Crippen LogP contribution in [0.25, 0.3) is 0 Å². The van der Waals surface area contributed by atoms with Crippen LogP contribution in [0.4, 0.5) is 0 Å². The standard InChI is InChI=1S/C14H28N2O3S/c1-4-18-14(17)13(15)5-8-20-10-12-9-16(11(2)3)6-7-19-12/h11-13H,4-10,15H2,1-3H3. The summed E-state index contributed by atoms with van der Waals surface area (Å²) in [6.07, 6.45) is 0.944. The Kier molecular flexibility index (Phi) is 8.52. The van der Waals surface area contributed by atoms with E-state index in [2.05, 4.69) is 18.7 Å². The van der Waals surface area contributed by atoms with Crippen LogP contribution >= 0.6 is 11.8 Å². The SMILES string of the molecule is CCOC(=O)C(N)CCSCC1CN(C(C)C)CCO1. The van der Waals surface area contributed by atoms with Crippen molar-refractivity contribution in [1.82, 2.24) is 4.90 Å². The topological polar surface area (TPSA) is 64.8 Å². The van der Waals surface area contributed by atoms with E-state index < -0.39 is 6.04 Å². The van der Waals surface area contributed by atoms with Crippen molar-refractivity contribution in [3.63, 3.8) is 0 Å². The van der Waals surface area contributed by atoms with Crippen LogP contribution in [0.15, 0.2) is 0 Å². The van der Waals surface area contributed by atoms with Gasteiger partial charge in [0.15, 0.2) is 0 Å². The molecule has 2 N–H and O–H groups in total. The quantitative estimate of drug-likeness (QED) is 0.535. The number of nitrogens with zero attached hydrogens (tertiary/aromatic N) is 1. The minimum Gasteiger partial charge on any atom is -0.465 e. The minimum absolute atomic E-state index is 0.287. The van der Waals surface area contributed by atoms with Crippen LogP contribution in [0.5, 0.6) is 0 Å². The Morgan fingerprint density at radius 3 is 2.95 bits per heavy atom. The maximum Gasteiger partial charge on any atom is 0.322 e. The van der Waals surface area contributed by atoms with E-state index in [1.165, 1.54) is 0 Å². The Bertz CT molecular complexity index is 290. The molecule has 1 aliphatic rings. The average molecular weight is 304 g/mol. The monoisotopic (exact) mass is 304 g/mol. The van der Waals surface area contributed by atoms with Crippen molar-refractivity contribution >= 4 is 17.7 Å². The van der Waals surface area contributed by atoms with Gasteiger partial charge in [0.25, 0.3) is 0 Å². The zero-order chi connectivity index (χ0) is 15.0. The van der Waals surface area contributed by atoms with E-state index in [9.17, 15) is 4.79 Å². The molecule has 6 heteroatoms. The zero-order valence-corrected chi connectivity index (χ0v) is 13.7. The summed E-state index contributed by atoms with van der Waals surface area (Å²) in [6.45, 7) is 9.44. The molecular weight excluding hydrogens is 276 g/mol. The molecule has 2 atom stereocenters. The highest BCUT2D eigenvalue weighted by Gasteiger charge is 2.22. The average Bonchev–Trinajstić information content (AvgIpc) is 2.44. The van der Waals surface area contributed by atoms with Crippen molar-refractivity contribution in [2.75, 3.05) is 37.8 Å². The van der Waals surface area contributed by atoms with E-state index in [0.717, 1.165) is 31.2 Å². The number of morpholine rings is 1. The number of esters is 1. The van der Waals surface area contributed by atoms with Crippen molar-refractivity contribution in [2.45, 2.75) is 45.4 Å². The molecule has 20 heavy (non-hydrogen) atoms. The van der Waals surface area contributed by atoms with Crippen LogP contribution in [0.3, 0.4) is 0 Å². The zero-order valence-electron chi connectivity index (χ0n) is 12.8. The number of thioether (sulfide) groups is 1. The predicted octanol–water partition coefficient (Wildman–Crippen LogP) is 1.11. The van der Waals surface area contributed by atoms with Crippen molar-refractivity contribution < 1.29 is 14.3 Å². The van der Waals surface area contributed by atoms with Crippen molar-refractivity contribution in [2.24, 2.45) is 5.73 Å². The molecule has 0 amide bonds. The normalized spacial score (nSPS) is 21.9. The first kappa shape index (κ1) is 17.8. The smallest absolute Gasteiger partial charge is 0.322 e. The molecule has 0 radical (unpaired) electrons. The molecule has 1 rings (SSSR count). The lowest BCUT2D eigenvalue weighted by Gasteiger charge is -2.35. The number of rotatable bonds is 8. The first-order chi connectivity index (χ1) is 9.54. The predicted molar refractivity (Wildman–Crippen MR) is 83.0 cm³/mol. The molecule has 1 saturated heterocycles. The van der Waals surface area contributed by atoms with Crippen LogP contribution in [-0.2, 0) is 14.3 Å². The molecule has 0 aliphatic carbocycles. The van der Waals surface area contributed by atoms with Crippen molar-refractivity contribution in [3.05, 3.63) is 0 Å². The highest BCUT2D eigenvalue weighted by Crippen LogP contribution is 2.14. The van der Waals surface area contributed by atoms with E-state index in [-0.39, 0.29) is 12.1 Å². The fraction of sp³-hybridized carbons (Fsp3) is 0.929. The molecule has 2 unspecified atom stereocenters. The Morgan fingerprint density at radius 1 is 1.55 bits per heavy atom. The molecular formula is C14H28N2O3S. The fourth-order valence-corrected chi connectivity index (χ4v) is 3.16. The van der Waals surface area contributed by atoms with Gasteiger partial charge in [-0.05, 0) is 32.9 Å². The van der Waals surface area contributed by atoms with Gasteiger partial charge in [-0.3, -0.25) is 9.69 Å². The van der Waals surface area contributed by atoms with Gasteiger partial charge in [0.1, 0.15) is 6.04 Å². The Morgan fingerprint density at radius 2 is 2.30 bits per heavy atom. The Balaban J connectivity index is 2.13. The van der Waals surface area contributed by atoms with Gasteiger partial charge >= 0.3 is 5.97 Å². The summed E-state index contributed by atoms with van der Waals surface area (Å²) >= 11 is 1.80. The number of hydrogen-bond donors (Lipinski definition) is 1. The molecule has 0 aromatic heterocycles. The summed E-state index contributed by atoms with van der Waals surface area (Å²) in [7, 11) is 0. The molecule has 1 fully saturated rings. The van der Waals surface area contributed by atoms with Crippen LogP contribution in [-0.4, -0.2) is 66.9 Å². The second-order valence-corrected chi connectivity index (χ2v) is 6.45. The van der Waals surface area contributed by atoms with Crippen LogP contribution in [0.2, 0.25) is 0 Å². The summed E-state index contributed by atoms with van der Waals surface area (Å²) in [6, 6.07) is 0.0746. The van der Waals surface area contributed by atoms with Gasteiger partial charge in [0.05, 0.1) is 19.3 Å². The lowest BCUT2D eigenvalue weighted by molar-refractivity contribution is -0.144. The van der Waals surface area contributed by atoms with Crippen LogP contribution in [0, 0.1) is 0 Å². The van der Waals surface area contributed by atoms with Crippen molar-refractivity contribution in [1.29, 1.82) is 0 Å². The van der Waals surface area contributed by atoms with Crippen LogP contribution < -0.4 is 5.73 Å². The third-order valence-electron chi connectivity index (χ3n) is 3.37.